The molecule has 4 aliphatic rings. The number of rotatable bonds is 7. The van der Waals surface area contributed by atoms with Crippen molar-refractivity contribution in [2.45, 2.75) is 141 Å². The summed E-state index contributed by atoms with van der Waals surface area (Å²) < 4.78 is 32.4. The maximum absolute atomic E-state index is 14.5. The Hall–Kier alpha value is -3.62. The third-order valence-electron chi connectivity index (χ3n) is 12.5. The average Bonchev–Trinajstić information content (AvgIpc) is 3.74. The van der Waals surface area contributed by atoms with Gasteiger partial charge in [0.1, 0.15) is 40.6 Å². The van der Waals surface area contributed by atoms with Crippen molar-refractivity contribution < 1.29 is 53.1 Å². The Morgan fingerprint density at radius 1 is 1.05 bits per heavy atom. The molecule has 330 valence electrons. The minimum Gasteiger partial charge on any atom is -0.459 e. The van der Waals surface area contributed by atoms with E-state index in [2.05, 4.69) is 20.3 Å². The lowest BCUT2D eigenvalue weighted by molar-refractivity contribution is -0.296. The molecule has 60 heavy (non-hydrogen) atoms. The molecule has 4 aliphatic heterocycles. The summed E-state index contributed by atoms with van der Waals surface area (Å²) in [5, 5.41) is 37.1. The fraction of sp³-hybridized carbons (Fsp3) is 0.714. The number of carbonyl (C=O) groups is 3. The van der Waals surface area contributed by atoms with Gasteiger partial charge in [-0.05, 0) is 78.6 Å². The summed E-state index contributed by atoms with van der Waals surface area (Å²) in [6.07, 6.45) is -4.50. The maximum atomic E-state index is 14.5. The van der Waals surface area contributed by atoms with Crippen LogP contribution in [0.25, 0.3) is 10.7 Å². The van der Waals surface area contributed by atoms with Crippen molar-refractivity contribution >= 4 is 40.4 Å². The summed E-state index contributed by atoms with van der Waals surface area (Å²) in [7, 11) is 3.73. The van der Waals surface area contributed by atoms with Crippen molar-refractivity contribution in [2.24, 2.45) is 33.8 Å². The minimum absolute atomic E-state index is 0.0802. The molecule has 6 heterocycles. The zero-order valence-electron chi connectivity index (χ0n) is 36.1. The predicted molar refractivity (Wildman–Crippen MR) is 220 cm³/mol. The molecule has 3 fully saturated rings. The predicted octanol–water partition coefficient (Wildman–Crippen LogP) is 3.44. The number of hydrogen-bond acceptors (Lipinski definition) is 17. The third-order valence-corrected chi connectivity index (χ3v) is 13.2. The third kappa shape index (κ3) is 9.70. The highest BCUT2D eigenvalue weighted by molar-refractivity contribution is 7.12. The van der Waals surface area contributed by atoms with Crippen LogP contribution < -0.4 is 0 Å². The number of aliphatic hydroxyl groups is 2. The maximum Gasteiger partial charge on any atom is 0.316 e. The van der Waals surface area contributed by atoms with E-state index in [1.165, 1.54) is 25.2 Å². The Bertz CT molecular complexity index is 1890. The zero-order valence-corrected chi connectivity index (χ0v) is 37.0. The highest BCUT2D eigenvalue weighted by atomic mass is 32.1. The van der Waals surface area contributed by atoms with Crippen LogP contribution in [0.1, 0.15) is 80.2 Å². The van der Waals surface area contributed by atoms with Gasteiger partial charge in [0.2, 0.25) is 6.10 Å². The van der Waals surface area contributed by atoms with Crippen molar-refractivity contribution in [1.29, 1.82) is 0 Å². The number of Topliss-reactive ketones (excluding diaryl/α,β-unsaturated/α-hetero) is 1. The number of aliphatic imine (C=N–C) groups is 1. The Labute approximate surface area is 355 Å². The molecule has 0 saturated carbocycles. The lowest BCUT2D eigenvalue weighted by Gasteiger charge is -2.47. The van der Waals surface area contributed by atoms with E-state index < -0.39 is 89.3 Å². The van der Waals surface area contributed by atoms with Crippen molar-refractivity contribution in [3.8, 4) is 10.7 Å². The molecule has 6 rings (SSSR count). The fourth-order valence-corrected chi connectivity index (χ4v) is 9.63. The number of carbonyl (C=O) groups excluding carboxylic acids is 3. The van der Waals surface area contributed by atoms with Crippen LogP contribution >= 0.6 is 11.3 Å². The van der Waals surface area contributed by atoms with E-state index in [0.29, 0.717) is 28.4 Å². The van der Waals surface area contributed by atoms with Gasteiger partial charge in [0.15, 0.2) is 17.1 Å². The molecular formula is C42H60N6O11S. The first-order valence-electron chi connectivity index (χ1n) is 20.8. The molecule has 1 amide bonds. The number of aliphatic hydroxyl groups excluding tert-OH is 1. The highest BCUT2D eigenvalue weighted by Crippen LogP contribution is 2.40. The molecule has 2 aromatic rings. The quantitative estimate of drug-likeness (QED) is 0.302. The smallest absolute Gasteiger partial charge is 0.316 e. The topological polar surface area (TPSA) is 214 Å². The summed E-state index contributed by atoms with van der Waals surface area (Å²) >= 11 is 1.36. The van der Waals surface area contributed by atoms with Crippen LogP contribution in [0, 0.1) is 23.7 Å². The number of hydrogen-bond donors (Lipinski definition) is 2. The second kappa shape index (κ2) is 18.8. The standard InChI is InChI=1S/C42H60N6O11S/c1-11-31-42(8,53)36-23(4)32-21(2)16-41(7,35(24(5)33(49)25(6)39(52)57-31)58-40-34(50)29(48(9)10)14-22(3)56-40)55-19-27(18-54-36)47-59-30(37(51)45-32)15-26-12-13-28(43-17-26)38-46-44-20-60-38/h12-13,17,20-25,29-31,34-36,40,50,53H,11,14-16,18-19H2,1-10H3/b45-32?,47-27-/t21-,22-,23+,24+,25-,29+,30?,31-,34-,35-,36-,40+,41-,42-/m1/s1. The van der Waals surface area contributed by atoms with Gasteiger partial charge in [-0.25, -0.2) is 4.99 Å². The molecule has 3 saturated heterocycles. The van der Waals surface area contributed by atoms with Gasteiger partial charge in [-0.15, -0.1) is 10.2 Å². The summed E-state index contributed by atoms with van der Waals surface area (Å²) in [4.78, 5) is 60.0. The van der Waals surface area contributed by atoms with Crippen LogP contribution in [0.15, 0.2) is 34.0 Å². The molecule has 2 N–H and O–H groups in total. The molecule has 4 bridgehead atoms. The van der Waals surface area contributed by atoms with Crippen LogP contribution in [0.4, 0.5) is 0 Å². The first kappa shape index (κ1) is 45.9. The number of ether oxygens (including phenoxy) is 5. The van der Waals surface area contributed by atoms with Gasteiger partial charge in [0.25, 0.3) is 5.91 Å². The number of oxime groups is 1. The largest absolute Gasteiger partial charge is 0.459 e. The summed E-state index contributed by atoms with van der Waals surface area (Å²) in [6, 6.07) is 3.30. The second-order valence-electron chi connectivity index (χ2n) is 17.5. The van der Waals surface area contributed by atoms with E-state index in [9.17, 15) is 24.6 Å². The Kier molecular flexibility index (Phi) is 14.4. The number of pyridine rings is 1. The van der Waals surface area contributed by atoms with Gasteiger partial charge in [-0.3, -0.25) is 19.4 Å². The molecule has 1 unspecified atom stereocenters. The van der Waals surface area contributed by atoms with E-state index in [-0.39, 0.29) is 50.3 Å². The SMILES string of the molecule is CC[C@H]1OC(=O)[C@H](C)C(=O)[C@H](C)[C@@H](O[C@@H]2O[C@H](C)C[C@H](N(C)C)[C@H]2O)[C@@]2(C)C[C@@H](C)C3=NC(=O)C(Cc4ccc(-c5nncs5)nc4)O/N=C(/CO[C@H]([C@H]3C)[C@]1(C)O)CO2. The molecule has 0 spiro atoms. The number of aromatic nitrogens is 3. The van der Waals surface area contributed by atoms with Gasteiger partial charge in [-0.2, -0.15) is 0 Å². The van der Waals surface area contributed by atoms with E-state index in [1.807, 2.05) is 45.8 Å². The van der Waals surface area contributed by atoms with Crippen LogP contribution in [0.5, 0.6) is 0 Å². The van der Waals surface area contributed by atoms with Crippen LogP contribution in [-0.2, 0) is 49.3 Å². The summed E-state index contributed by atoms with van der Waals surface area (Å²) in [5.41, 5.74) is 0.319. The van der Waals surface area contributed by atoms with Crippen molar-refractivity contribution in [3.05, 3.63) is 29.4 Å². The number of ketones is 1. The monoisotopic (exact) mass is 856 g/mol. The summed E-state index contributed by atoms with van der Waals surface area (Å²) in [6.45, 7) is 13.4. The number of esters is 1. The lowest BCUT2D eigenvalue weighted by Crippen LogP contribution is -2.60. The highest BCUT2D eigenvalue weighted by Gasteiger charge is 2.53. The average molecular weight is 857 g/mol. The molecule has 18 heteroatoms. The number of nitrogens with zero attached hydrogens (tertiary/aromatic N) is 6. The Morgan fingerprint density at radius 3 is 2.45 bits per heavy atom. The molecule has 14 atom stereocenters. The molecule has 0 radical (unpaired) electrons. The van der Waals surface area contributed by atoms with Gasteiger partial charge in [0.05, 0.1) is 37.1 Å². The van der Waals surface area contributed by atoms with Crippen molar-refractivity contribution in [3.63, 3.8) is 0 Å². The number of fused-ring (bicyclic) bond motifs is 4. The van der Waals surface area contributed by atoms with Gasteiger partial charge < -0.3 is 43.6 Å². The minimum atomic E-state index is -1.84. The Balaban J connectivity index is 1.47. The molecular weight excluding hydrogens is 797 g/mol. The van der Waals surface area contributed by atoms with Gasteiger partial charge >= 0.3 is 5.97 Å². The van der Waals surface area contributed by atoms with Crippen molar-refractivity contribution in [1.82, 2.24) is 20.1 Å². The molecule has 0 aliphatic carbocycles. The first-order chi connectivity index (χ1) is 28.3. The lowest BCUT2D eigenvalue weighted by atomic mass is 9.73. The second-order valence-corrected chi connectivity index (χ2v) is 18.3. The van der Waals surface area contributed by atoms with E-state index >= 15 is 0 Å². The molecule has 2 aromatic heterocycles. The van der Waals surface area contributed by atoms with E-state index in [1.54, 1.807) is 38.5 Å². The first-order valence-corrected chi connectivity index (χ1v) is 21.6. The van der Waals surface area contributed by atoms with Crippen LogP contribution in [0.2, 0.25) is 0 Å². The van der Waals surface area contributed by atoms with E-state index in [0.717, 1.165) is 0 Å². The normalized spacial score (nSPS) is 39.5. The number of cyclic esters (lactones) is 1. The number of likely N-dealkylation sites (N-methyl/N-ethyl adjacent to an activating group) is 1. The van der Waals surface area contributed by atoms with E-state index in [4.69, 9.17) is 33.5 Å². The molecule has 17 nitrogen and oxygen atoms in total. The van der Waals surface area contributed by atoms with Crippen LogP contribution in [0.3, 0.4) is 0 Å². The summed E-state index contributed by atoms with van der Waals surface area (Å²) in [5.74, 6) is -5.52. The van der Waals surface area contributed by atoms with Gasteiger partial charge in [-0.1, -0.05) is 50.3 Å². The van der Waals surface area contributed by atoms with Gasteiger partial charge in [0, 0.05) is 36.2 Å². The molecule has 0 aromatic carbocycles. The number of amides is 1. The fourth-order valence-electron chi connectivity index (χ4n) is 9.10. The van der Waals surface area contributed by atoms with Crippen molar-refractivity contribution in [2.75, 3.05) is 27.3 Å². The Morgan fingerprint density at radius 2 is 1.80 bits per heavy atom. The zero-order chi connectivity index (χ0) is 43.7. The van der Waals surface area contributed by atoms with Crippen LogP contribution in [-0.4, -0.2) is 147 Å².